The van der Waals surface area contributed by atoms with Gasteiger partial charge in [-0.2, -0.15) is 0 Å². The highest BCUT2D eigenvalue weighted by Gasteiger charge is 1.95. The van der Waals surface area contributed by atoms with E-state index in [1.807, 2.05) is 6.07 Å². The third-order valence-corrected chi connectivity index (χ3v) is 1.33. The van der Waals surface area contributed by atoms with Crippen LogP contribution in [0.4, 0.5) is 0 Å². The standard InChI is InChI=1S/C9H10O/c1-7-4-3-5-9(6-7)8(2)10/h3-6H,1-2H3/i1D. The summed E-state index contributed by atoms with van der Waals surface area (Å²) in [6.45, 7) is 1.77. The van der Waals surface area contributed by atoms with E-state index in [4.69, 9.17) is 1.37 Å². The minimum absolute atomic E-state index is 0.0558. The van der Waals surface area contributed by atoms with Gasteiger partial charge in [0, 0.05) is 6.93 Å². The molecule has 52 valence electrons. The van der Waals surface area contributed by atoms with Crippen molar-refractivity contribution in [2.45, 2.75) is 13.8 Å². The molecule has 0 aliphatic rings. The molecule has 0 amide bonds. The molecule has 0 atom stereocenters. The Morgan fingerprint density at radius 1 is 1.60 bits per heavy atom. The molecule has 0 aliphatic heterocycles. The lowest BCUT2D eigenvalue weighted by Gasteiger charge is -1.94. The molecule has 0 bridgehead atoms. The van der Waals surface area contributed by atoms with Crippen LogP contribution in [0.2, 0.25) is 0 Å². The van der Waals surface area contributed by atoms with Gasteiger partial charge in [-0.1, -0.05) is 23.8 Å². The monoisotopic (exact) mass is 135 g/mol. The first-order valence-corrected chi connectivity index (χ1v) is 3.13. The topological polar surface area (TPSA) is 17.1 Å². The number of benzene rings is 1. The fourth-order valence-electron chi connectivity index (χ4n) is 0.790. The Labute approximate surface area is 62.1 Å². The van der Waals surface area contributed by atoms with Crippen LogP contribution in [0.25, 0.3) is 0 Å². The zero-order valence-corrected chi connectivity index (χ0v) is 5.92. The molecular weight excluding hydrogens is 124 g/mol. The largest absolute Gasteiger partial charge is 0.295 e. The van der Waals surface area contributed by atoms with Crippen LogP contribution >= 0.6 is 0 Å². The first-order chi connectivity index (χ1) is 5.24. The average Bonchev–Trinajstić information content (AvgIpc) is 2.05. The summed E-state index contributed by atoms with van der Waals surface area (Å²) in [5, 5.41) is 0. The van der Waals surface area contributed by atoms with Crippen LogP contribution in [0.5, 0.6) is 0 Å². The van der Waals surface area contributed by atoms with Crippen LogP contribution in [0.15, 0.2) is 24.3 Å². The molecule has 0 aliphatic carbocycles. The lowest BCUT2D eigenvalue weighted by Crippen LogP contribution is -1.90. The summed E-state index contributed by atoms with van der Waals surface area (Å²) in [6, 6.07) is 7.18. The Hall–Kier alpha value is -1.11. The van der Waals surface area contributed by atoms with E-state index in [-0.39, 0.29) is 12.7 Å². The Morgan fingerprint density at radius 2 is 2.40 bits per heavy atom. The Bertz CT molecular complexity index is 268. The molecule has 0 spiro atoms. The maximum Gasteiger partial charge on any atom is 0.159 e. The average molecular weight is 135 g/mol. The lowest BCUT2D eigenvalue weighted by atomic mass is 10.1. The molecule has 1 aromatic carbocycles. The second kappa shape index (κ2) is 2.65. The van der Waals surface area contributed by atoms with E-state index < -0.39 is 0 Å². The zero-order chi connectivity index (χ0) is 8.27. The first-order valence-electron chi connectivity index (χ1n) is 3.84. The Kier molecular flexibility index (Phi) is 1.50. The smallest absolute Gasteiger partial charge is 0.159 e. The predicted molar refractivity (Wildman–Crippen MR) is 41.2 cm³/mol. The molecule has 1 rings (SSSR count). The van der Waals surface area contributed by atoms with Crippen LogP contribution in [-0.4, -0.2) is 5.78 Å². The van der Waals surface area contributed by atoms with Crippen molar-refractivity contribution in [1.82, 2.24) is 0 Å². The number of carbonyl (C=O) groups is 1. The van der Waals surface area contributed by atoms with Crippen molar-refractivity contribution in [3.05, 3.63) is 35.4 Å². The molecule has 0 aromatic heterocycles. The summed E-state index contributed by atoms with van der Waals surface area (Å²) in [4.78, 5) is 10.9. The fourth-order valence-corrected chi connectivity index (χ4v) is 0.790. The molecule has 10 heavy (non-hydrogen) atoms. The summed E-state index contributed by atoms with van der Waals surface area (Å²) < 4.78 is 7.07. The summed E-state index contributed by atoms with van der Waals surface area (Å²) in [5.41, 5.74) is 1.58. The van der Waals surface area contributed by atoms with Crippen molar-refractivity contribution in [3.8, 4) is 0 Å². The van der Waals surface area contributed by atoms with Crippen molar-refractivity contribution in [2.24, 2.45) is 0 Å². The van der Waals surface area contributed by atoms with Crippen molar-refractivity contribution < 1.29 is 6.17 Å². The maximum atomic E-state index is 10.9. The fraction of sp³-hybridized carbons (Fsp3) is 0.222. The van der Waals surface area contributed by atoms with E-state index in [2.05, 4.69) is 0 Å². The van der Waals surface area contributed by atoms with Gasteiger partial charge >= 0.3 is 0 Å². The van der Waals surface area contributed by atoms with Gasteiger partial charge in [0.15, 0.2) is 5.78 Å². The summed E-state index contributed by atoms with van der Waals surface area (Å²) in [7, 11) is 0. The van der Waals surface area contributed by atoms with Crippen molar-refractivity contribution in [2.75, 3.05) is 0 Å². The lowest BCUT2D eigenvalue weighted by molar-refractivity contribution is 0.101. The van der Waals surface area contributed by atoms with Crippen LogP contribution in [0, 0.1) is 6.90 Å². The number of aryl methyl sites for hydroxylation is 1. The van der Waals surface area contributed by atoms with Gasteiger partial charge < -0.3 is 0 Å². The number of hydrogen-bond donors (Lipinski definition) is 0. The molecular formula is C9H10O. The molecule has 0 unspecified atom stereocenters. The Balaban J connectivity index is 3.01. The van der Waals surface area contributed by atoms with Crippen molar-refractivity contribution >= 4 is 5.78 Å². The van der Waals surface area contributed by atoms with E-state index in [1.54, 1.807) is 18.2 Å². The van der Waals surface area contributed by atoms with Crippen LogP contribution in [0.1, 0.15) is 24.2 Å². The van der Waals surface area contributed by atoms with Crippen molar-refractivity contribution in [1.29, 1.82) is 0 Å². The van der Waals surface area contributed by atoms with Gasteiger partial charge in [0.25, 0.3) is 0 Å². The minimum Gasteiger partial charge on any atom is -0.295 e. The SMILES string of the molecule is [2H]Cc1cccc(C(C)=O)c1. The summed E-state index contributed by atoms with van der Waals surface area (Å²) in [5.74, 6) is 0.0558. The normalized spacial score (nSPS) is 10.7. The highest BCUT2D eigenvalue weighted by Crippen LogP contribution is 2.03. The van der Waals surface area contributed by atoms with Gasteiger partial charge in [-0.05, 0) is 19.9 Å². The van der Waals surface area contributed by atoms with E-state index in [0.29, 0.717) is 5.56 Å². The molecule has 0 heterocycles. The molecule has 0 radical (unpaired) electrons. The second-order valence-corrected chi connectivity index (χ2v) is 2.26. The first kappa shape index (κ1) is 5.66. The highest BCUT2D eigenvalue weighted by molar-refractivity contribution is 5.94. The molecule has 1 nitrogen and oxygen atoms in total. The van der Waals surface area contributed by atoms with Crippen molar-refractivity contribution in [3.63, 3.8) is 0 Å². The maximum absolute atomic E-state index is 10.9. The quantitative estimate of drug-likeness (QED) is 0.539. The van der Waals surface area contributed by atoms with E-state index in [9.17, 15) is 4.79 Å². The summed E-state index contributed by atoms with van der Waals surface area (Å²) in [6.07, 6.45) is 0. The van der Waals surface area contributed by atoms with Gasteiger partial charge in [0.2, 0.25) is 0 Å². The van der Waals surface area contributed by atoms with Gasteiger partial charge in [0.1, 0.15) is 0 Å². The third-order valence-electron chi connectivity index (χ3n) is 1.33. The Morgan fingerprint density at radius 3 is 3.00 bits per heavy atom. The molecule has 0 saturated heterocycles. The van der Waals surface area contributed by atoms with Gasteiger partial charge in [-0.3, -0.25) is 4.79 Å². The van der Waals surface area contributed by atoms with Crippen LogP contribution in [-0.2, 0) is 0 Å². The van der Waals surface area contributed by atoms with Gasteiger partial charge in [-0.15, -0.1) is 0 Å². The highest BCUT2D eigenvalue weighted by atomic mass is 16.1. The van der Waals surface area contributed by atoms with E-state index in [1.165, 1.54) is 6.92 Å². The molecule has 0 fully saturated rings. The zero-order valence-electron chi connectivity index (χ0n) is 6.92. The number of ketones is 1. The number of Topliss-reactive ketones (excluding diaryl/α,β-unsaturated/α-hetero) is 1. The van der Waals surface area contributed by atoms with E-state index in [0.717, 1.165) is 5.56 Å². The van der Waals surface area contributed by atoms with Crippen LogP contribution < -0.4 is 0 Å². The second-order valence-electron chi connectivity index (χ2n) is 2.26. The third kappa shape index (κ3) is 1.44. The predicted octanol–water partition coefficient (Wildman–Crippen LogP) is 2.20. The molecule has 1 heteroatoms. The van der Waals surface area contributed by atoms with Crippen LogP contribution in [0.3, 0.4) is 0 Å². The van der Waals surface area contributed by atoms with Gasteiger partial charge in [-0.25, -0.2) is 0 Å². The number of hydrogen-bond acceptors (Lipinski definition) is 1. The molecule has 0 N–H and O–H groups in total. The molecule has 0 saturated carbocycles. The summed E-state index contributed by atoms with van der Waals surface area (Å²) >= 11 is 0. The minimum atomic E-state index is 0.0558. The number of rotatable bonds is 1. The van der Waals surface area contributed by atoms with Gasteiger partial charge in [0.05, 0.1) is 0 Å². The van der Waals surface area contributed by atoms with E-state index >= 15 is 0 Å². The molecule has 1 aromatic rings. The number of carbonyl (C=O) groups excluding carboxylic acids is 1.